The molecule has 4 heteroatoms. The van der Waals surface area contributed by atoms with E-state index in [1.54, 1.807) is 6.20 Å². The molecule has 2 aromatic rings. The molecule has 0 saturated heterocycles. The van der Waals surface area contributed by atoms with E-state index in [2.05, 4.69) is 38.7 Å². The van der Waals surface area contributed by atoms with Crippen LogP contribution in [0.5, 0.6) is 5.75 Å². The van der Waals surface area contributed by atoms with Crippen molar-refractivity contribution in [1.82, 2.24) is 4.98 Å². The third-order valence-electron chi connectivity index (χ3n) is 4.53. The number of esters is 1. The van der Waals surface area contributed by atoms with Crippen LogP contribution >= 0.6 is 0 Å². The number of benzene rings is 1. The van der Waals surface area contributed by atoms with E-state index in [0.717, 1.165) is 29.0 Å². The van der Waals surface area contributed by atoms with Gasteiger partial charge in [0.2, 0.25) is 0 Å². The standard InChI is InChI=1S/C21H25NO3/c1-14(23)24-12-15-6-8-18(22-11-15)16-7-9-19-17(10-16)20(2,3)13-21(4,5)25-19/h6-11H,12-13H2,1-5H3. The molecule has 3 rings (SSSR count). The molecular weight excluding hydrogens is 314 g/mol. The van der Waals surface area contributed by atoms with Gasteiger partial charge in [-0.1, -0.05) is 19.9 Å². The van der Waals surface area contributed by atoms with Crippen LogP contribution in [0.15, 0.2) is 36.5 Å². The number of aromatic nitrogens is 1. The summed E-state index contributed by atoms with van der Waals surface area (Å²) in [4.78, 5) is 15.4. The number of nitrogens with zero attached hydrogens (tertiary/aromatic N) is 1. The van der Waals surface area contributed by atoms with Crippen molar-refractivity contribution >= 4 is 5.97 Å². The minimum Gasteiger partial charge on any atom is -0.488 e. The Morgan fingerprint density at radius 3 is 2.60 bits per heavy atom. The first kappa shape index (κ1) is 17.5. The average molecular weight is 339 g/mol. The van der Waals surface area contributed by atoms with Crippen LogP contribution in [0.25, 0.3) is 11.3 Å². The number of carbonyl (C=O) groups is 1. The molecule has 1 aliphatic heterocycles. The molecule has 0 N–H and O–H groups in total. The third-order valence-corrected chi connectivity index (χ3v) is 4.53. The minimum absolute atomic E-state index is 0.0440. The van der Waals surface area contributed by atoms with Crippen LogP contribution in [0, 0.1) is 0 Å². The van der Waals surface area contributed by atoms with Crippen LogP contribution < -0.4 is 4.74 Å². The SMILES string of the molecule is CC(=O)OCc1ccc(-c2ccc3c(c2)C(C)(C)CC(C)(C)O3)nc1. The zero-order valence-corrected chi connectivity index (χ0v) is 15.6. The fraction of sp³-hybridized carbons (Fsp3) is 0.429. The second-order valence-electron chi connectivity index (χ2n) is 7.97. The van der Waals surface area contributed by atoms with Crippen LogP contribution in [0.1, 0.15) is 52.2 Å². The summed E-state index contributed by atoms with van der Waals surface area (Å²) >= 11 is 0. The monoisotopic (exact) mass is 339 g/mol. The van der Waals surface area contributed by atoms with Crippen molar-refractivity contribution in [2.24, 2.45) is 0 Å². The highest BCUT2D eigenvalue weighted by Crippen LogP contribution is 2.45. The van der Waals surface area contributed by atoms with Crippen LogP contribution in [0.4, 0.5) is 0 Å². The Labute approximate surface area is 149 Å². The van der Waals surface area contributed by atoms with Gasteiger partial charge in [-0.25, -0.2) is 0 Å². The molecule has 0 amide bonds. The maximum absolute atomic E-state index is 10.9. The predicted molar refractivity (Wildman–Crippen MR) is 97.5 cm³/mol. The number of ether oxygens (including phenoxy) is 2. The summed E-state index contributed by atoms with van der Waals surface area (Å²) in [6.45, 7) is 10.4. The minimum atomic E-state index is -0.288. The topological polar surface area (TPSA) is 48.4 Å². The van der Waals surface area contributed by atoms with E-state index in [4.69, 9.17) is 9.47 Å². The Bertz CT molecular complexity index is 791. The first-order valence-corrected chi connectivity index (χ1v) is 8.59. The van der Waals surface area contributed by atoms with E-state index in [1.807, 2.05) is 24.3 Å². The Balaban J connectivity index is 1.89. The summed E-state index contributed by atoms with van der Waals surface area (Å²) in [6.07, 6.45) is 2.72. The molecule has 4 nitrogen and oxygen atoms in total. The molecule has 0 fully saturated rings. The van der Waals surface area contributed by atoms with Crippen molar-refractivity contribution < 1.29 is 14.3 Å². The Morgan fingerprint density at radius 1 is 1.20 bits per heavy atom. The zero-order valence-electron chi connectivity index (χ0n) is 15.6. The Kier molecular flexibility index (Phi) is 4.31. The lowest BCUT2D eigenvalue weighted by Crippen LogP contribution is -2.41. The molecule has 25 heavy (non-hydrogen) atoms. The van der Waals surface area contributed by atoms with Crippen LogP contribution in [0.2, 0.25) is 0 Å². The smallest absolute Gasteiger partial charge is 0.302 e. The van der Waals surface area contributed by atoms with Crippen molar-refractivity contribution in [3.8, 4) is 17.0 Å². The van der Waals surface area contributed by atoms with E-state index in [0.29, 0.717) is 0 Å². The number of hydrogen-bond donors (Lipinski definition) is 0. The van der Waals surface area contributed by atoms with Gasteiger partial charge in [-0.3, -0.25) is 9.78 Å². The van der Waals surface area contributed by atoms with E-state index >= 15 is 0 Å². The molecule has 2 heterocycles. The van der Waals surface area contributed by atoms with Crippen molar-refractivity contribution in [3.63, 3.8) is 0 Å². The maximum Gasteiger partial charge on any atom is 0.302 e. The van der Waals surface area contributed by atoms with Gasteiger partial charge in [-0.05, 0) is 49.9 Å². The molecule has 0 aliphatic carbocycles. The fourth-order valence-corrected chi connectivity index (χ4v) is 3.67. The van der Waals surface area contributed by atoms with Crippen molar-refractivity contribution in [3.05, 3.63) is 47.7 Å². The summed E-state index contributed by atoms with van der Waals surface area (Å²) in [5, 5.41) is 0. The molecule has 0 bridgehead atoms. The first-order chi connectivity index (χ1) is 11.7. The quantitative estimate of drug-likeness (QED) is 0.764. The largest absolute Gasteiger partial charge is 0.488 e. The lowest BCUT2D eigenvalue weighted by molar-refractivity contribution is -0.142. The predicted octanol–water partition coefficient (Wildman–Crippen LogP) is 4.65. The maximum atomic E-state index is 10.9. The van der Waals surface area contributed by atoms with Gasteiger partial charge in [-0.2, -0.15) is 0 Å². The van der Waals surface area contributed by atoms with E-state index < -0.39 is 0 Å². The Hall–Kier alpha value is -2.36. The molecule has 0 saturated carbocycles. The lowest BCUT2D eigenvalue weighted by Gasteiger charge is -2.42. The molecule has 0 radical (unpaired) electrons. The number of hydrogen-bond acceptors (Lipinski definition) is 4. The molecule has 0 unspecified atom stereocenters. The van der Waals surface area contributed by atoms with Crippen LogP contribution in [0.3, 0.4) is 0 Å². The fourth-order valence-electron chi connectivity index (χ4n) is 3.67. The average Bonchev–Trinajstić information content (AvgIpc) is 2.51. The summed E-state index contributed by atoms with van der Waals surface area (Å²) < 4.78 is 11.1. The Morgan fingerprint density at radius 2 is 1.96 bits per heavy atom. The molecule has 1 aromatic heterocycles. The van der Waals surface area contributed by atoms with Gasteiger partial charge >= 0.3 is 5.97 Å². The van der Waals surface area contributed by atoms with Crippen molar-refractivity contribution in [2.75, 3.05) is 0 Å². The molecule has 1 aromatic carbocycles. The molecule has 1 aliphatic rings. The highest BCUT2D eigenvalue weighted by Gasteiger charge is 2.38. The summed E-state index contributed by atoms with van der Waals surface area (Å²) in [5.74, 6) is 0.667. The summed E-state index contributed by atoms with van der Waals surface area (Å²) in [6, 6.07) is 10.2. The highest BCUT2D eigenvalue weighted by atomic mass is 16.5. The van der Waals surface area contributed by atoms with Gasteiger partial charge < -0.3 is 9.47 Å². The van der Waals surface area contributed by atoms with Gasteiger partial charge in [0.15, 0.2) is 0 Å². The van der Waals surface area contributed by atoms with Gasteiger partial charge in [0.05, 0.1) is 5.69 Å². The highest BCUT2D eigenvalue weighted by molar-refractivity contribution is 5.66. The summed E-state index contributed by atoms with van der Waals surface area (Å²) in [7, 11) is 0. The van der Waals surface area contributed by atoms with E-state index in [1.165, 1.54) is 12.5 Å². The van der Waals surface area contributed by atoms with Gasteiger partial charge in [0, 0.05) is 29.8 Å². The van der Waals surface area contributed by atoms with Crippen molar-refractivity contribution in [2.45, 2.75) is 58.7 Å². The first-order valence-electron chi connectivity index (χ1n) is 8.59. The molecular formula is C21H25NO3. The number of fused-ring (bicyclic) bond motifs is 1. The second kappa shape index (κ2) is 6.17. The second-order valence-corrected chi connectivity index (χ2v) is 7.97. The van der Waals surface area contributed by atoms with Crippen LogP contribution in [-0.4, -0.2) is 16.6 Å². The van der Waals surface area contributed by atoms with Crippen LogP contribution in [-0.2, 0) is 21.6 Å². The summed E-state index contributed by atoms with van der Waals surface area (Å²) in [5.41, 5.74) is 3.94. The van der Waals surface area contributed by atoms with Gasteiger partial charge in [-0.15, -0.1) is 0 Å². The molecule has 0 atom stereocenters. The van der Waals surface area contributed by atoms with Gasteiger partial charge in [0.25, 0.3) is 0 Å². The molecule has 0 spiro atoms. The molecule has 132 valence electrons. The number of pyridine rings is 1. The van der Waals surface area contributed by atoms with Gasteiger partial charge in [0.1, 0.15) is 18.0 Å². The number of carbonyl (C=O) groups excluding carboxylic acids is 1. The normalized spacial score (nSPS) is 17.3. The van der Waals surface area contributed by atoms with E-state index in [-0.39, 0.29) is 23.6 Å². The lowest BCUT2D eigenvalue weighted by atomic mass is 9.73. The zero-order chi connectivity index (χ0) is 18.2. The van der Waals surface area contributed by atoms with E-state index in [9.17, 15) is 4.79 Å². The van der Waals surface area contributed by atoms with Crippen molar-refractivity contribution in [1.29, 1.82) is 0 Å². The number of rotatable bonds is 3. The third kappa shape index (κ3) is 3.84.